The first-order valence-corrected chi connectivity index (χ1v) is 8.53. The maximum absolute atomic E-state index is 11.9. The van der Waals surface area contributed by atoms with Crippen LogP contribution in [0.4, 0.5) is 0 Å². The number of carbonyl (C=O) groups excluding carboxylic acids is 2. The largest absolute Gasteiger partial charge is 0.481 e. The van der Waals surface area contributed by atoms with Crippen LogP contribution in [-0.2, 0) is 9.59 Å². The van der Waals surface area contributed by atoms with Gasteiger partial charge in [-0.1, -0.05) is 35.9 Å². The Kier molecular flexibility index (Phi) is 6.69. The molecule has 2 aromatic carbocycles. The molecule has 5 nitrogen and oxygen atoms in total. The Bertz CT molecular complexity index is 674. The van der Waals surface area contributed by atoms with E-state index in [4.69, 9.17) is 4.74 Å². The van der Waals surface area contributed by atoms with Gasteiger partial charge in [0.15, 0.2) is 6.10 Å². The normalized spacial score (nSPS) is 11.4. The van der Waals surface area contributed by atoms with Crippen molar-refractivity contribution in [3.05, 3.63) is 60.2 Å². The maximum Gasteiger partial charge on any atom is 0.279 e. The van der Waals surface area contributed by atoms with E-state index in [0.717, 1.165) is 4.90 Å². The van der Waals surface area contributed by atoms with Gasteiger partial charge < -0.3 is 4.74 Å². The Morgan fingerprint density at radius 1 is 1.04 bits per heavy atom. The zero-order chi connectivity index (χ0) is 17.4. The van der Waals surface area contributed by atoms with Crippen LogP contribution in [0.2, 0.25) is 0 Å². The van der Waals surface area contributed by atoms with E-state index in [1.54, 1.807) is 19.1 Å². The van der Waals surface area contributed by atoms with Crippen LogP contribution in [0.5, 0.6) is 5.75 Å². The lowest BCUT2D eigenvalue weighted by Gasteiger charge is -2.15. The Morgan fingerprint density at radius 3 is 2.38 bits per heavy atom. The van der Waals surface area contributed by atoms with E-state index >= 15 is 0 Å². The van der Waals surface area contributed by atoms with Gasteiger partial charge in [0.25, 0.3) is 5.91 Å². The number of ether oxygens (including phenoxy) is 1. The molecule has 0 aliphatic carbocycles. The molecule has 0 bridgehead atoms. The van der Waals surface area contributed by atoms with Gasteiger partial charge in [-0.25, -0.2) is 0 Å². The van der Waals surface area contributed by atoms with Crippen LogP contribution >= 0.6 is 11.8 Å². The molecular formula is C18H20N2O3S. The van der Waals surface area contributed by atoms with Crippen molar-refractivity contribution in [2.75, 3.05) is 5.75 Å². The molecule has 24 heavy (non-hydrogen) atoms. The van der Waals surface area contributed by atoms with Crippen molar-refractivity contribution in [1.29, 1.82) is 0 Å². The molecule has 0 aromatic heterocycles. The molecule has 2 N–H and O–H groups in total. The maximum atomic E-state index is 11.9. The van der Waals surface area contributed by atoms with E-state index in [1.165, 1.54) is 17.3 Å². The summed E-state index contributed by atoms with van der Waals surface area (Å²) in [6.07, 6.45) is -0.711. The highest BCUT2D eigenvalue weighted by Gasteiger charge is 2.15. The summed E-state index contributed by atoms with van der Waals surface area (Å²) in [6.45, 7) is 3.63. The van der Waals surface area contributed by atoms with Crippen LogP contribution < -0.4 is 15.6 Å². The fourth-order valence-corrected chi connectivity index (χ4v) is 2.51. The van der Waals surface area contributed by atoms with Crippen molar-refractivity contribution in [2.24, 2.45) is 0 Å². The van der Waals surface area contributed by atoms with E-state index in [1.807, 2.05) is 49.4 Å². The zero-order valence-corrected chi connectivity index (χ0v) is 14.4. The summed E-state index contributed by atoms with van der Waals surface area (Å²) in [5, 5.41) is 0. The molecule has 126 valence electrons. The predicted octanol–water partition coefficient (Wildman–Crippen LogP) is 2.70. The monoisotopic (exact) mass is 344 g/mol. The summed E-state index contributed by atoms with van der Waals surface area (Å²) in [5.74, 6) is 0.131. The molecule has 2 rings (SSSR count). The Hall–Kier alpha value is -2.47. The van der Waals surface area contributed by atoms with Crippen molar-refractivity contribution < 1.29 is 14.3 Å². The molecule has 0 saturated carbocycles. The molecule has 0 aliphatic heterocycles. The number of hydrogen-bond acceptors (Lipinski definition) is 4. The number of thioether (sulfide) groups is 1. The topological polar surface area (TPSA) is 67.4 Å². The minimum Gasteiger partial charge on any atom is -0.481 e. The molecule has 1 unspecified atom stereocenters. The molecule has 0 saturated heterocycles. The van der Waals surface area contributed by atoms with Crippen molar-refractivity contribution in [2.45, 2.75) is 24.8 Å². The SMILES string of the molecule is Cc1ccc(SCC(=O)NNC(=O)C(C)Oc2ccccc2)cc1. The van der Waals surface area contributed by atoms with Gasteiger partial charge in [-0.05, 0) is 38.1 Å². The summed E-state index contributed by atoms with van der Waals surface area (Å²) < 4.78 is 5.48. The lowest BCUT2D eigenvalue weighted by molar-refractivity contribution is -0.131. The first-order valence-electron chi connectivity index (χ1n) is 7.54. The Morgan fingerprint density at radius 2 is 1.71 bits per heavy atom. The van der Waals surface area contributed by atoms with Gasteiger partial charge >= 0.3 is 0 Å². The number of hydrazine groups is 1. The standard InChI is InChI=1S/C18H20N2O3S/c1-13-8-10-16(11-9-13)24-12-17(21)19-20-18(22)14(2)23-15-6-4-3-5-7-15/h3-11,14H,12H2,1-2H3,(H,19,21)(H,20,22). The van der Waals surface area contributed by atoms with E-state index in [-0.39, 0.29) is 11.7 Å². The molecule has 0 spiro atoms. The smallest absolute Gasteiger partial charge is 0.279 e. The third kappa shape index (κ3) is 5.96. The molecule has 6 heteroatoms. The van der Waals surface area contributed by atoms with Crippen molar-refractivity contribution >= 4 is 23.6 Å². The minimum absolute atomic E-state index is 0.220. The highest BCUT2D eigenvalue weighted by atomic mass is 32.2. The van der Waals surface area contributed by atoms with Gasteiger partial charge in [-0.2, -0.15) is 0 Å². The fraction of sp³-hybridized carbons (Fsp3) is 0.222. The number of benzene rings is 2. The summed E-state index contributed by atoms with van der Waals surface area (Å²) in [5.41, 5.74) is 5.93. The molecule has 0 heterocycles. The zero-order valence-electron chi connectivity index (χ0n) is 13.6. The summed E-state index contributed by atoms with van der Waals surface area (Å²) in [7, 11) is 0. The molecular weight excluding hydrogens is 324 g/mol. The first kappa shape index (κ1) is 17.9. The number of nitrogens with one attached hydrogen (secondary N) is 2. The average Bonchev–Trinajstić information content (AvgIpc) is 2.60. The lowest BCUT2D eigenvalue weighted by Crippen LogP contribution is -2.47. The Labute approximate surface area is 145 Å². The first-order chi connectivity index (χ1) is 11.5. The van der Waals surface area contributed by atoms with E-state index in [2.05, 4.69) is 10.9 Å². The van der Waals surface area contributed by atoms with E-state index in [9.17, 15) is 9.59 Å². The van der Waals surface area contributed by atoms with Crippen LogP contribution in [0.3, 0.4) is 0 Å². The van der Waals surface area contributed by atoms with Crippen LogP contribution in [0.15, 0.2) is 59.5 Å². The quantitative estimate of drug-likeness (QED) is 0.624. The van der Waals surface area contributed by atoms with Crippen LogP contribution in [-0.4, -0.2) is 23.7 Å². The van der Waals surface area contributed by atoms with Crippen LogP contribution in [0.25, 0.3) is 0 Å². The molecule has 2 amide bonds. The summed E-state index contributed by atoms with van der Waals surface area (Å²) in [4.78, 5) is 24.7. The highest BCUT2D eigenvalue weighted by Crippen LogP contribution is 2.17. The lowest BCUT2D eigenvalue weighted by atomic mass is 10.2. The molecule has 0 fully saturated rings. The number of aryl methyl sites for hydroxylation is 1. The third-order valence-electron chi connectivity index (χ3n) is 3.14. The second-order valence-electron chi connectivity index (χ2n) is 5.21. The molecule has 1 atom stereocenters. The van der Waals surface area contributed by atoms with E-state index < -0.39 is 12.0 Å². The van der Waals surface area contributed by atoms with Gasteiger partial charge in [-0.15, -0.1) is 11.8 Å². The Balaban J connectivity index is 1.70. The second kappa shape index (κ2) is 8.98. The van der Waals surface area contributed by atoms with Crippen molar-refractivity contribution in [1.82, 2.24) is 10.9 Å². The average molecular weight is 344 g/mol. The number of hydrogen-bond donors (Lipinski definition) is 2. The number of rotatable bonds is 6. The third-order valence-corrected chi connectivity index (χ3v) is 4.15. The summed E-state index contributed by atoms with van der Waals surface area (Å²) in [6, 6.07) is 16.9. The van der Waals surface area contributed by atoms with Gasteiger partial charge in [0.05, 0.1) is 5.75 Å². The van der Waals surface area contributed by atoms with Gasteiger partial charge in [0.1, 0.15) is 5.75 Å². The minimum atomic E-state index is -0.711. The van der Waals surface area contributed by atoms with Crippen LogP contribution in [0, 0.1) is 6.92 Å². The van der Waals surface area contributed by atoms with Crippen LogP contribution in [0.1, 0.15) is 12.5 Å². The van der Waals surface area contributed by atoms with E-state index in [0.29, 0.717) is 5.75 Å². The summed E-state index contributed by atoms with van der Waals surface area (Å²) >= 11 is 1.41. The van der Waals surface area contributed by atoms with Gasteiger partial charge in [0, 0.05) is 4.90 Å². The number of para-hydroxylation sites is 1. The number of amides is 2. The van der Waals surface area contributed by atoms with Gasteiger partial charge in [0.2, 0.25) is 5.91 Å². The highest BCUT2D eigenvalue weighted by molar-refractivity contribution is 8.00. The van der Waals surface area contributed by atoms with Crippen molar-refractivity contribution in [3.8, 4) is 5.75 Å². The fourth-order valence-electron chi connectivity index (χ4n) is 1.81. The second-order valence-corrected chi connectivity index (χ2v) is 6.26. The number of carbonyl (C=O) groups is 2. The molecule has 2 aromatic rings. The van der Waals surface area contributed by atoms with Crippen molar-refractivity contribution in [3.63, 3.8) is 0 Å². The predicted molar refractivity (Wildman–Crippen MR) is 94.7 cm³/mol. The molecule has 0 radical (unpaired) electrons. The molecule has 0 aliphatic rings. The van der Waals surface area contributed by atoms with Gasteiger partial charge in [-0.3, -0.25) is 20.4 Å².